The van der Waals surface area contributed by atoms with Crippen LogP contribution < -0.4 is 5.73 Å². The lowest BCUT2D eigenvalue weighted by Crippen LogP contribution is -1.92. The normalized spacial score (nSPS) is 10.8. The molecular formula is C21H17N3O. The Morgan fingerprint density at radius 2 is 1.64 bits per heavy atom. The van der Waals surface area contributed by atoms with Crippen LogP contribution in [0, 0.1) is 6.92 Å². The Morgan fingerprint density at radius 1 is 0.880 bits per heavy atom. The van der Waals surface area contributed by atoms with Crippen molar-refractivity contribution in [2.24, 2.45) is 0 Å². The van der Waals surface area contributed by atoms with Crippen LogP contribution in [-0.4, -0.2) is 10.1 Å². The van der Waals surface area contributed by atoms with E-state index in [-0.39, 0.29) is 0 Å². The lowest BCUT2D eigenvalue weighted by Gasteiger charge is -2.08. The number of anilines is 1. The van der Waals surface area contributed by atoms with Crippen molar-refractivity contribution in [2.45, 2.75) is 6.92 Å². The standard InChI is InChI=1S/C21H17N3O/c1-14-20(21(24-25-14)15-7-3-2-4-8-15)16-11-12-23-19(13-16)17-9-5-6-10-18(17)22/h2-13H,22H2,1H3. The molecule has 2 N–H and O–H groups in total. The number of nitrogen functional groups attached to an aromatic ring is 1. The maximum atomic E-state index is 6.10. The van der Waals surface area contributed by atoms with Gasteiger partial charge in [0.05, 0.1) is 11.3 Å². The topological polar surface area (TPSA) is 64.9 Å². The highest BCUT2D eigenvalue weighted by atomic mass is 16.5. The maximum absolute atomic E-state index is 6.10. The van der Waals surface area contributed by atoms with E-state index in [9.17, 15) is 0 Å². The summed E-state index contributed by atoms with van der Waals surface area (Å²) in [7, 11) is 0. The number of nitrogens with zero attached hydrogens (tertiary/aromatic N) is 2. The minimum Gasteiger partial charge on any atom is -0.398 e. The number of para-hydroxylation sites is 1. The van der Waals surface area contributed by atoms with Gasteiger partial charge in [-0.3, -0.25) is 4.98 Å². The number of hydrogen-bond acceptors (Lipinski definition) is 4. The van der Waals surface area contributed by atoms with E-state index in [0.717, 1.165) is 39.4 Å². The van der Waals surface area contributed by atoms with Crippen LogP contribution in [-0.2, 0) is 0 Å². The summed E-state index contributed by atoms with van der Waals surface area (Å²) >= 11 is 0. The molecular weight excluding hydrogens is 310 g/mol. The van der Waals surface area contributed by atoms with Gasteiger partial charge in [0.15, 0.2) is 0 Å². The molecule has 0 saturated heterocycles. The number of benzene rings is 2. The average Bonchev–Trinajstić information content (AvgIpc) is 3.04. The molecule has 0 fully saturated rings. The predicted molar refractivity (Wildman–Crippen MR) is 99.8 cm³/mol. The second-order valence-corrected chi connectivity index (χ2v) is 5.85. The highest BCUT2D eigenvalue weighted by Crippen LogP contribution is 2.36. The van der Waals surface area contributed by atoms with Crippen LogP contribution in [0.5, 0.6) is 0 Å². The van der Waals surface area contributed by atoms with Gasteiger partial charge in [-0.15, -0.1) is 0 Å². The molecule has 0 bridgehead atoms. The van der Waals surface area contributed by atoms with Gasteiger partial charge in [0.25, 0.3) is 0 Å². The fraction of sp³-hybridized carbons (Fsp3) is 0.0476. The van der Waals surface area contributed by atoms with E-state index >= 15 is 0 Å². The number of aryl methyl sites for hydroxylation is 1. The van der Waals surface area contributed by atoms with Crippen molar-refractivity contribution in [3.05, 3.63) is 78.7 Å². The third kappa shape index (κ3) is 2.78. The fourth-order valence-corrected chi connectivity index (χ4v) is 2.97. The molecule has 0 aliphatic rings. The molecule has 4 nitrogen and oxygen atoms in total. The molecule has 0 saturated carbocycles. The van der Waals surface area contributed by atoms with Gasteiger partial charge < -0.3 is 10.3 Å². The van der Waals surface area contributed by atoms with Crippen LogP contribution >= 0.6 is 0 Å². The zero-order chi connectivity index (χ0) is 17.2. The Balaban J connectivity index is 1.86. The number of aromatic nitrogens is 2. The van der Waals surface area contributed by atoms with Crippen LogP contribution in [0.25, 0.3) is 33.6 Å². The molecule has 4 aromatic rings. The number of pyridine rings is 1. The molecule has 0 unspecified atom stereocenters. The fourth-order valence-electron chi connectivity index (χ4n) is 2.97. The first-order valence-corrected chi connectivity index (χ1v) is 8.07. The van der Waals surface area contributed by atoms with Crippen molar-refractivity contribution in [1.29, 1.82) is 0 Å². The van der Waals surface area contributed by atoms with Crippen molar-refractivity contribution >= 4 is 5.69 Å². The summed E-state index contributed by atoms with van der Waals surface area (Å²) in [6, 6.07) is 21.7. The number of nitrogens with two attached hydrogens (primary N) is 1. The van der Waals surface area contributed by atoms with E-state index in [2.05, 4.69) is 10.1 Å². The predicted octanol–water partition coefficient (Wildman–Crippen LogP) is 4.96. The van der Waals surface area contributed by atoms with E-state index in [1.807, 2.05) is 73.7 Å². The van der Waals surface area contributed by atoms with Crippen LogP contribution in [0.2, 0.25) is 0 Å². The molecule has 0 amide bonds. The molecule has 122 valence electrons. The molecule has 2 heterocycles. The van der Waals surface area contributed by atoms with Crippen molar-refractivity contribution in [2.75, 3.05) is 5.73 Å². The van der Waals surface area contributed by atoms with Crippen LogP contribution in [0.15, 0.2) is 77.4 Å². The van der Waals surface area contributed by atoms with Crippen molar-refractivity contribution in [3.63, 3.8) is 0 Å². The second kappa shape index (κ2) is 6.24. The first-order chi connectivity index (χ1) is 12.2. The number of rotatable bonds is 3. The monoisotopic (exact) mass is 327 g/mol. The first kappa shape index (κ1) is 15.1. The molecule has 0 aliphatic heterocycles. The lowest BCUT2D eigenvalue weighted by molar-refractivity contribution is 0.400. The van der Waals surface area contributed by atoms with Gasteiger partial charge in [0.1, 0.15) is 11.5 Å². The van der Waals surface area contributed by atoms with Gasteiger partial charge in [-0.2, -0.15) is 0 Å². The van der Waals surface area contributed by atoms with E-state index in [1.165, 1.54) is 0 Å². The van der Waals surface area contributed by atoms with E-state index in [1.54, 1.807) is 6.20 Å². The van der Waals surface area contributed by atoms with Crippen LogP contribution in [0.3, 0.4) is 0 Å². The van der Waals surface area contributed by atoms with Gasteiger partial charge in [0, 0.05) is 23.0 Å². The quantitative estimate of drug-likeness (QED) is 0.540. The minimum absolute atomic E-state index is 0.706. The Labute approximate surface area is 145 Å². The summed E-state index contributed by atoms with van der Waals surface area (Å²) in [4.78, 5) is 4.48. The van der Waals surface area contributed by atoms with Crippen molar-refractivity contribution < 1.29 is 4.52 Å². The summed E-state index contributed by atoms with van der Waals surface area (Å²) in [5, 5.41) is 4.26. The largest absolute Gasteiger partial charge is 0.398 e. The molecule has 0 atom stereocenters. The minimum atomic E-state index is 0.706. The molecule has 4 heteroatoms. The molecule has 0 radical (unpaired) electrons. The van der Waals surface area contributed by atoms with Crippen LogP contribution in [0.4, 0.5) is 5.69 Å². The van der Waals surface area contributed by atoms with Crippen molar-refractivity contribution in [1.82, 2.24) is 10.1 Å². The molecule has 0 spiro atoms. The highest BCUT2D eigenvalue weighted by molar-refractivity contribution is 5.84. The Morgan fingerprint density at radius 3 is 2.44 bits per heavy atom. The van der Waals surface area contributed by atoms with E-state index in [0.29, 0.717) is 5.69 Å². The Kier molecular flexibility index (Phi) is 3.78. The maximum Gasteiger partial charge on any atom is 0.142 e. The van der Waals surface area contributed by atoms with Gasteiger partial charge >= 0.3 is 0 Å². The average molecular weight is 327 g/mol. The summed E-state index contributed by atoms with van der Waals surface area (Å²) in [5.41, 5.74) is 12.4. The molecule has 2 aromatic heterocycles. The van der Waals surface area contributed by atoms with Crippen molar-refractivity contribution in [3.8, 4) is 33.6 Å². The summed E-state index contributed by atoms with van der Waals surface area (Å²) in [5.74, 6) is 0.775. The van der Waals surface area contributed by atoms with Gasteiger partial charge in [-0.25, -0.2) is 0 Å². The van der Waals surface area contributed by atoms with Gasteiger partial charge in [-0.1, -0.05) is 53.7 Å². The Hall–Kier alpha value is -3.40. The zero-order valence-electron chi connectivity index (χ0n) is 13.8. The second-order valence-electron chi connectivity index (χ2n) is 5.85. The molecule has 0 aliphatic carbocycles. The third-order valence-corrected chi connectivity index (χ3v) is 4.20. The summed E-state index contributed by atoms with van der Waals surface area (Å²) in [6.45, 7) is 1.92. The smallest absolute Gasteiger partial charge is 0.142 e. The van der Waals surface area contributed by atoms with Gasteiger partial charge in [-0.05, 0) is 30.7 Å². The van der Waals surface area contributed by atoms with Crippen LogP contribution in [0.1, 0.15) is 5.76 Å². The van der Waals surface area contributed by atoms with Gasteiger partial charge in [0.2, 0.25) is 0 Å². The number of hydrogen-bond donors (Lipinski definition) is 1. The van der Waals surface area contributed by atoms with E-state index in [4.69, 9.17) is 10.3 Å². The lowest BCUT2D eigenvalue weighted by atomic mass is 9.98. The summed E-state index contributed by atoms with van der Waals surface area (Å²) in [6.07, 6.45) is 1.79. The third-order valence-electron chi connectivity index (χ3n) is 4.20. The molecule has 4 rings (SSSR count). The molecule has 2 aromatic carbocycles. The summed E-state index contributed by atoms with van der Waals surface area (Å²) < 4.78 is 5.48. The zero-order valence-corrected chi connectivity index (χ0v) is 13.8. The van der Waals surface area contributed by atoms with E-state index < -0.39 is 0 Å². The first-order valence-electron chi connectivity index (χ1n) is 8.07. The Bertz CT molecular complexity index is 1020. The highest BCUT2D eigenvalue weighted by Gasteiger charge is 2.17. The molecule has 25 heavy (non-hydrogen) atoms. The SMILES string of the molecule is Cc1onc(-c2ccccc2)c1-c1ccnc(-c2ccccc2N)c1.